The molecule has 1 heterocycles. The van der Waals surface area contributed by atoms with Crippen molar-refractivity contribution in [2.45, 2.75) is 13.3 Å². The van der Waals surface area contributed by atoms with Crippen LogP contribution in [0.1, 0.15) is 44.4 Å². The van der Waals surface area contributed by atoms with Gasteiger partial charge >= 0.3 is 5.97 Å². The van der Waals surface area contributed by atoms with Crippen molar-refractivity contribution in [3.63, 3.8) is 0 Å². The number of carbonyl (C=O) groups is 5. The van der Waals surface area contributed by atoms with Gasteiger partial charge in [-0.15, -0.1) is 0 Å². The minimum absolute atomic E-state index is 0.163. The lowest BCUT2D eigenvalue weighted by Crippen LogP contribution is -2.32. The van der Waals surface area contributed by atoms with Crippen molar-refractivity contribution >= 4 is 81.6 Å². The van der Waals surface area contributed by atoms with Crippen LogP contribution in [0.2, 0.25) is 20.1 Å². The highest BCUT2D eigenvalue weighted by Crippen LogP contribution is 2.44. The summed E-state index contributed by atoms with van der Waals surface area (Å²) in [7, 11) is 0. The molecule has 172 valence electrons. The van der Waals surface area contributed by atoms with E-state index in [0.29, 0.717) is 11.3 Å². The molecule has 0 saturated carbocycles. The Morgan fingerprint density at radius 2 is 1.52 bits per heavy atom. The number of ketones is 1. The van der Waals surface area contributed by atoms with Crippen LogP contribution in [0.25, 0.3) is 0 Å². The van der Waals surface area contributed by atoms with Crippen LogP contribution in [0, 0.1) is 0 Å². The third kappa shape index (κ3) is 5.14. The number of benzene rings is 2. The van der Waals surface area contributed by atoms with Crippen LogP contribution >= 0.6 is 46.4 Å². The first-order chi connectivity index (χ1) is 15.5. The first-order valence-corrected chi connectivity index (χ1v) is 10.8. The van der Waals surface area contributed by atoms with Gasteiger partial charge in [-0.2, -0.15) is 0 Å². The van der Waals surface area contributed by atoms with Gasteiger partial charge in [0.15, 0.2) is 12.4 Å². The van der Waals surface area contributed by atoms with E-state index < -0.39 is 30.3 Å². The number of esters is 1. The maximum Gasteiger partial charge on any atom is 0.308 e. The van der Waals surface area contributed by atoms with Gasteiger partial charge in [0.25, 0.3) is 17.7 Å². The fourth-order valence-corrected chi connectivity index (χ4v) is 4.05. The second-order valence-electron chi connectivity index (χ2n) is 6.86. The highest BCUT2D eigenvalue weighted by molar-refractivity contribution is 6.55. The van der Waals surface area contributed by atoms with Crippen molar-refractivity contribution in [3.8, 4) is 0 Å². The Balaban J connectivity index is 1.56. The SMILES string of the molecule is CC(=O)c1cccc(NC(=O)COC(=O)CCN2C(=O)c3c(Cl)c(Cl)c(Cl)c(Cl)c3C2=O)c1. The highest BCUT2D eigenvalue weighted by atomic mass is 35.5. The van der Waals surface area contributed by atoms with E-state index in [1.165, 1.54) is 13.0 Å². The summed E-state index contributed by atoms with van der Waals surface area (Å²) < 4.78 is 4.89. The summed E-state index contributed by atoms with van der Waals surface area (Å²) in [6.07, 6.45) is -0.380. The molecule has 0 radical (unpaired) electrons. The van der Waals surface area contributed by atoms with E-state index in [4.69, 9.17) is 51.1 Å². The van der Waals surface area contributed by atoms with E-state index in [-0.39, 0.29) is 50.0 Å². The molecule has 2 aromatic rings. The molecule has 33 heavy (non-hydrogen) atoms. The maximum atomic E-state index is 12.6. The zero-order valence-electron chi connectivity index (χ0n) is 16.8. The average molecular weight is 532 g/mol. The summed E-state index contributed by atoms with van der Waals surface area (Å²) in [5, 5.41) is 1.75. The Hall–Kier alpha value is -2.65. The molecule has 0 unspecified atom stereocenters. The molecule has 0 saturated heterocycles. The Bertz CT molecular complexity index is 1170. The number of rotatable bonds is 7. The Morgan fingerprint density at radius 3 is 2.06 bits per heavy atom. The van der Waals surface area contributed by atoms with Gasteiger partial charge in [-0.05, 0) is 19.1 Å². The number of hydrogen-bond donors (Lipinski definition) is 1. The van der Waals surface area contributed by atoms with Crippen LogP contribution in [0.15, 0.2) is 24.3 Å². The summed E-state index contributed by atoms with van der Waals surface area (Å²) in [5.41, 5.74) is 0.387. The predicted octanol–water partition coefficient (Wildman–Crippen LogP) is 4.67. The molecule has 2 aromatic carbocycles. The summed E-state index contributed by atoms with van der Waals surface area (Å²) >= 11 is 24.0. The molecule has 8 nitrogen and oxygen atoms in total. The Morgan fingerprint density at radius 1 is 0.939 bits per heavy atom. The molecule has 0 atom stereocenters. The third-order valence-corrected chi connectivity index (χ3v) is 6.44. The third-order valence-electron chi connectivity index (χ3n) is 4.64. The first kappa shape index (κ1) is 25.0. The van der Waals surface area contributed by atoms with Gasteiger partial charge in [-0.25, -0.2) is 0 Å². The number of fused-ring (bicyclic) bond motifs is 1. The molecule has 0 fully saturated rings. The van der Waals surface area contributed by atoms with Crippen LogP contribution in [0.3, 0.4) is 0 Å². The first-order valence-electron chi connectivity index (χ1n) is 9.31. The smallest absolute Gasteiger partial charge is 0.308 e. The highest BCUT2D eigenvalue weighted by Gasteiger charge is 2.41. The summed E-state index contributed by atoms with van der Waals surface area (Å²) in [5.74, 6) is -3.19. The molecular weight excluding hydrogens is 518 g/mol. The second-order valence-corrected chi connectivity index (χ2v) is 8.38. The lowest BCUT2D eigenvalue weighted by molar-refractivity contribution is -0.147. The van der Waals surface area contributed by atoms with E-state index in [1.807, 2.05) is 0 Å². The van der Waals surface area contributed by atoms with Gasteiger partial charge in [-0.3, -0.25) is 28.9 Å². The molecule has 3 amide bonds. The van der Waals surface area contributed by atoms with Gasteiger partial charge < -0.3 is 10.1 Å². The number of imide groups is 1. The maximum absolute atomic E-state index is 12.6. The van der Waals surface area contributed by atoms with Crippen molar-refractivity contribution in [3.05, 3.63) is 61.0 Å². The van der Waals surface area contributed by atoms with Gasteiger partial charge in [0.05, 0.1) is 37.6 Å². The number of carbonyl (C=O) groups excluding carboxylic acids is 5. The van der Waals surface area contributed by atoms with Crippen molar-refractivity contribution < 1.29 is 28.7 Å². The molecule has 0 bridgehead atoms. The zero-order valence-corrected chi connectivity index (χ0v) is 19.9. The van der Waals surface area contributed by atoms with E-state index in [0.717, 1.165) is 4.90 Å². The number of nitrogens with zero attached hydrogens (tertiary/aromatic N) is 1. The normalized spacial score (nSPS) is 12.6. The molecule has 0 spiro atoms. The number of anilines is 1. The minimum Gasteiger partial charge on any atom is -0.456 e. The number of nitrogens with one attached hydrogen (secondary N) is 1. The van der Waals surface area contributed by atoms with Crippen LogP contribution in [0.5, 0.6) is 0 Å². The predicted molar refractivity (Wildman–Crippen MR) is 123 cm³/mol. The number of halogens is 4. The van der Waals surface area contributed by atoms with Gasteiger partial charge in [-0.1, -0.05) is 58.5 Å². The molecule has 1 aliphatic heterocycles. The summed E-state index contributed by atoms with van der Waals surface area (Å²) in [6, 6.07) is 6.25. The summed E-state index contributed by atoms with van der Waals surface area (Å²) in [6.45, 7) is 0.450. The number of amides is 3. The molecule has 1 N–H and O–H groups in total. The monoisotopic (exact) mass is 530 g/mol. The zero-order chi connectivity index (χ0) is 24.4. The number of Topliss-reactive ketones (excluding diaryl/α,β-unsaturated/α-hetero) is 1. The van der Waals surface area contributed by atoms with Crippen molar-refractivity contribution in [2.75, 3.05) is 18.5 Å². The van der Waals surface area contributed by atoms with E-state index in [1.54, 1.807) is 18.2 Å². The van der Waals surface area contributed by atoms with Crippen LogP contribution in [-0.2, 0) is 14.3 Å². The molecule has 3 rings (SSSR count). The quantitative estimate of drug-likeness (QED) is 0.183. The van der Waals surface area contributed by atoms with E-state index in [2.05, 4.69) is 5.32 Å². The second kappa shape index (κ2) is 10.1. The molecule has 0 aliphatic carbocycles. The van der Waals surface area contributed by atoms with Gasteiger partial charge in [0, 0.05) is 17.8 Å². The average Bonchev–Trinajstić information content (AvgIpc) is 3.03. The minimum atomic E-state index is -0.826. The lowest BCUT2D eigenvalue weighted by Gasteiger charge is -2.13. The van der Waals surface area contributed by atoms with Crippen molar-refractivity contribution in [1.82, 2.24) is 4.90 Å². The largest absolute Gasteiger partial charge is 0.456 e. The number of ether oxygens (including phenoxy) is 1. The van der Waals surface area contributed by atoms with Crippen LogP contribution in [-0.4, -0.2) is 47.5 Å². The fraction of sp³-hybridized carbons (Fsp3) is 0.190. The van der Waals surface area contributed by atoms with Gasteiger partial charge in [0.1, 0.15) is 0 Å². The van der Waals surface area contributed by atoms with Gasteiger partial charge in [0.2, 0.25) is 0 Å². The van der Waals surface area contributed by atoms with Crippen LogP contribution in [0.4, 0.5) is 5.69 Å². The van der Waals surface area contributed by atoms with E-state index in [9.17, 15) is 24.0 Å². The topological polar surface area (TPSA) is 110 Å². The molecule has 12 heteroatoms. The molecular formula is C21H14Cl4N2O6. The molecule has 0 aromatic heterocycles. The fourth-order valence-electron chi connectivity index (χ4n) is 3.03. The lowest BCUT2D eigenvalue weighted by atomic mass is 10.1. The van der Waals surface area contributed by atoms with E-state index >= 15 is 0 Å². The van der Waals surface area contributed by atoms with Crippen LogP contribution < -0.4 is 5.32 Å². The molecule has 1 aliphatic rings. The number of hydrogen-bond acceptors (Lipinski definition) is 6. The standard InChI is InChI=1S/C21H14Cl4N2O6/c1-9(28)10-3-2-4-11(7-10)26-12(29)8-33-13(30)5-6-27-20(31)14-15(21(27)32)17(23)19(25)18(24)16(14)22/h2-4,7H,5-6,8H2,1H3,(H,26,29). The van der Waals surface area contributed by atoms with Crippen molar-refractivity contribution in [1.29, 1.82) is 0 Å². The van der Waals surface area contributed by atoms with Crippen molar-refractivity contribution in [2.24, 2.45) is 0 Å². The summed E-state index contributed by atoms with van der Waals surface area (Å²) in [4.78, 5) is 61.5. The Kier molecular flexibility index (Phi) is 7.64. The Labute approximate surface area is 207 Å².